The van der Waals surface area contributed by atoms with Crippen molar-refractivity contribution >= 4 is 17.5 Å². The summed E-state index contributed by atoms with van der Waals surface area (Å²) in [7, 11) is 0. The van der Waals surface area contributed by atoms with Crippen LogP contribution in [0.2, 0.25) is 5.02 Å². The first-order valence-electron chi connectivity index (χ1n) is 10.3. The fourth-order valence-corrected chi connectivity index (χ4v) is 4.69. The van der Waals surface area contributed by atoms with Gasteiger partial charge in [0.15, 0.2) is 5.76 Å². The predicted octanol–water partition coefficient (Wildman–Crippen LogP) is 4.92. The second-order valence-electron chi connectivity index (χ2n) is 8.14. The first kappa shape index (κ1) is 18.5. The first-order chi connectivity index (χ1) is 14.1. The van der Waals surface area contributed by atoms with Gasteiger partial charge in [-0.2, -0.15) is 5.10 Å². The minimum absolute atomic E-state index is 0.0917. The van der Waals surface area contributed by atoms with E-state index in [0.29, 0.717) is 12.3 Å². The molecule has 5 nitrogen and oxygen atoms in total. The van der Waals surface area contributed by atoms with Crippen LogP contribution in [0.25, 0.3) is 11.3 Å². The van der Waals surface area contributed by atoms with Gasteiger partial charge in [0.2, 0.25) is 0 Å². The van der Waals surface area contributed by atoms with Gasteiger partial charge < -0.3 is 9.73 Å². The zero-order valence-electron chi connectivity index (χ0n) is 16.5. The van der Waals surface area contributed by atoms with E-state index in [9.17, 15) is 4.79 Å². The maximum absolute atomic E-state index is 12.8. The monoisotopic (exact) mass is 409 g/mol. The van der Waals surface area contributed by atoms with E-state index in [0.717, 1.165) is 58.9 Å². The highest BCUT2D eigenvalue weighted by Gasteiger charge is 2.30. The summed E-state index contributed by atoms with van der Waals surface area (Å²) in [5.74, 6) is 1.23. The van der Waals surface area contributed by atoms with Crippen molar-refractivity contribution in [3.8, 4) is 11.3 Å². The third kappa shape index (κ3) is 3.48. The van der Waals surface area contributed by atoms with Gasteiger partial charge in [0.1, 0.15) is 5.76 Å². The van der Waals surface area contributed by atoms with Crippen molar-refractivity contribution < 1.29 is 9.21 Å². The average Bonchev–Trinajstić information content (AvgIpc) is 3.42. The predicted molar refractivity (Wildman–Crippen MR) is 112 cm³/mol. The van der Waals surface area contributed by atoms with E-state index in [4.69, 9.17) is 21.1 Å². The van der Waals surface area contributed by atoms with Gasteiger partial charge in [-0.15, -0.1) is 0 Å². The van der Waals surface area contributed by atoms with Gasteiger partial charge in [0.05, 0.1) is 12.2 Å². The number of nitrogens with zero attached hydrogens (tertiary/aromatic N) is 2. The summed E-state index contributed by atoms with van der Waals surface area (Å²) in [6.07, 6.45) is 8.28. The largest absolute Gasteiger partial charge is 0.455 e. The molecule has 0 atom stereocenters. The molecule has 0 aliphatic heterocycles. The summed E-state index contributed by atoms with van der Waals surface area (Å²) in [6.45, 7) is 2.66. The van der Waals surface area contributed by atoms with Crippen LogP contribution in [0.1, 0.15) is 58.7 Å². The number of carbonyl (C=O) groups excluding carboxylic acids is 1. The lowest BCUT2D eigenvalue weighted by atomic mass is 9.93. The van der Waals surface area contributed by atoms with Crippen LogP contribution in [0.4, 0.5) is 0 Å². The Morgan fingerprint density at radius 1 is 1.24 bits per heavy atom. The van der Waals surface area contributed by atoms with E-state index in [1.807, 2.05) is 35.9 Å². The van der Waals surface area contributed by atoms with Gasteiger partial charge in [0, 0.05) is 34.8 Å². The minimum atomic E-state index is -0.0917. The standard InChI is InChI=1S/C23H24ClN3O2/c1-14-20-19(29-22(14)23(28)25-18-4-2-3-5-18)11-8-16-13-27(26-21(16)20)12-15-6-9-17(24)10-7-15/h6-7,9-10,13,18H,2-5,8,11-12H2,1H3,(H,25,28). The van der Waals surface area contributed by atoms with Crippen LogP contribution in [0, 0.1) is 6.92 Å². The first-order valence-corrected chi connectivity index (χ1v) is 10.7. The summed E-state index contributed by atoms with van der Waals surface area (Å²) in [5.41, 5.74) is 5.19. The molecule has 1 amide bonds. The summed E-state index contributed by atoms with van der Waals surface area (Å²) in [6, 6.07) is 8.10. The van der Waals surface area contributed by atoms with E-state index in [1.165, 1.54) is 18.4 Å². The lowest BCUT2D eigenvalue weighted by Gasteiger charge is -2.10. The van der Waals surface area contributed by atoms with Crippen molar-refractivity contribution in [2.45, 2.75) is 58.0 Å². The highest BCUT2D eigenvalue weighted by atomic mass is 35.5. The number of aryl methyl sites for hydroxylation is 2. The lowest BCUT2D eigenvalue weighted by Crippen LogP contribution is -2.32. The molecule has 2 heterocycles. The Kier molecular flexibility index (Phi) is 4.70. The molecular formula is C23H24ClN3O2. The molecule has 1 fully saturated rings. The Labute approximate surface area is 175 Å². The number of rotatable bonds is 4. The number of amides is 1. The quantitative estimate of drug-likeness (QED) is 0.665. The van der Waals surface area contributed by atoms with Crippen LogP contribution in [0.15, 0.2) is 34.9 Å². The molecule has 6 heteroatoms. The van der Waals surface area contributed by atoms with Gasteiger partial charge in [-0.25, -0.2) is 0 Å². The van der Waals surface area contributed by atoms with E-state index >= 15 is 0 Å². The molecule has 0 bridgehead atoms. The van der Waals surface area contributed by atoms with Gasteiger partial charge in [-0.05, 0) is 49.4 Å². The number of furan rings is 1. The lowest BCUT2D eigenvalue weighted by molar-refractivity contribution is 0.0907. The maximum Gasteiger partial charge on any atom is 0.287 e. The van der Waals surface area contributed by atoms with Crippen LogP contribution >= 0.6 is 11.6 Å². The van der Waals surface area contributed by atoms with E-state index in [-0.39, 0.29) is 11.9 Å². The number of nitrogens with one attached hydrogen (secondary N) is 1. The Balaban J connectivity index is 1.42. The topological polar surface area (TPSA) is 60.1 Å². The van der Waals surface area contributed by atoms with E-state index in [2.05, 4.69) is 11.5 Å². The van der Waals surface area contributed by atoms with Crippen LogP contribution in [-0.2, 0) is 19.4 Å². The number of benzene rings is 1. The third-order valence-corrected chi connectivity index (χ3v) is 6.32. The molecule has 0 spiro atoms. The minimum Gasteiger partial charge on any atom is -0.455 e. The van der Waals surface area contributed by atoms with Crippen LogP contribution in [0.3, 0.4) is 0 Å². The second-order valence-corrected chi connectivity index (χ2v) is 8.57. The van der Waals surface area contributed by atoms with E-state index in [1.54, 1.807) is 0 Å². The van der Waals surface area contributed by atoms with Gasteiger partial charge in [-0.3, -0.25) is 9.48 Å². The van der Waals surface area contributed by atoms with Crippen LogP contribution in [-0.4, -0.2) is 21.7 Å². The summed E-state index contributed by atoms with van der Waals surface area (Å²) >= 11 is 5.99. The molecule has 2 aliphatic carbocycles. The van der Waals surface area contributed by atoms with Crippen molar-refractivity contribution in [3.05, 3.63) is 63.7 Å². The fourth-order valence-electron chi connectivity index (χ4n) is 4.56. The molecule has 3 aromatic rings. The number of fused-ring (bicyclic) bond motifs is 3. The zero-order chi connectivity index (χ0) is 20.0. The highest BCUT2D eigenvalue weighted by Crippen LogP contribution is 2.38. The van der Waals surface area contributed by atoms with Crippen molar-refractivity contribution in [3.63, 3.8) is 0 Å². The van der Waals surface area contributed by atoms with Crippen molar-refractivity contribution in [2.24, 2.45) is 0 Å². The molecule has 1 saturated carbocycles. The second kappa shape index (κ2) is 7.38. The van der Waals surface area contributed by atoms with Crippen molar-refractivity contribution in [1.29, 1.82) is 0 Å². The van der Waals surface area contributed by atoms with E-state index < -0.39 is 0 Å². The molecule has 2 aliphatic rings. The van der Waals surface area contributed by atoms with Crippen LogP contribution < -0.4 is 5.32 Å². The molecule has 2 aromatic heterocycles. The van der Waals surface area contributed by atoms with Crippen LogP contribution in [0.5, 0.6) is 0 Å². The van der Waals surface area contributed by atoms with Gasteiger partial charge >= 0.3 is 0 Å². The fraction of sp³-hybridized carbons (Fsp3) is 0.391. The molecule has 5 rings (SSSR count). The number of hydrogen-bond acceptors (Lipinski definition) is 3. The van der Waals surface area contributed by atoms with Crippen molar-refractivity contribution in [2.75, 3.05) is 0 Å². The summed E-state index contributed by atoms with van der Waals surface area (Å²) in [5, 5.41) is 8.71. The SMILES string of the molecule is Cc1c(C(=O)NC2CCCC2)oc2c1-c1nn(Cc3ccc(Cl)cc3)cc1CC2. The zero-order valence-corrected chi connectivity index (χ0v) is 17.3. The van der Waals surface area contributed by atoms with Gasteiger partial charge in [0.25, 0.3) is 5.91 Å². The molecule has 0 unspecified atom stereocenters. The smallest absolute Gasteiger partial charge is 0.287 e. The summed E-state index contributed by atoms with van der Waals surface area (Å²) in [4.78, 5) is 12.8. The van der Waals surface area contributed by atoms with Gasteiger partial charge in [-0.1, -0.05) is 36.6 Å². The highest BCUT2D eigenvalue weighted by molar-refractivity contribution is 6.30. The summed E-state index contributed by atoms with van der Waals surface area (Å²) < 4.78 is 8.00. The van der Waals surface area contributed by atoms with Crippen molar-refractivity contribution in [1.82, 2.24) is 15.1 Å². The third-order valence-electron chi connectivity index (χ3n) is 6.07. The molecule has 1 N–H and O–H groups in total. The molecule has 0 saturated heterocycles. The number of hydrogen-bond donors (Lipinski definition) is 1. The number of halogens is 1. The molecule has 1 aromatic carbocycles. The Morgan fingerprint density at radius 3 is 2.76 bits per heavy atom. The normalized spacial score (nSPS) is 15.9. The Hall–Kier alpha value is -2.53. The Morgan fingerprint density at radius 2 is 2.00 bits per heavy atom. The number of aromatic nitrogens is 2. The molecular weight excluding hydrogens is 386 g/mol. The number of carbonyl (C=O) groups is 1. The molecule has 0 radical (unpaired) electrons. The maximum atomic E-state index is 12.8. The molecule has 29 heavy (non-hydrogen) atoms. The molecule has 150 valence electrons. The average molecular weight is 410 g/mol. The Bertz CT molecular complexity index is 1060.